The summed E-state index contributed by atoms with van der Waals surface area (Å²) in [7, 11) is 7.02. The van der Waals surface area contributed by atoms with Crippen molar-refractivity contribution in [3.8, 4) is 0 Å². The Morgan fingerprint density at radius 2 is 1.00 bits per heavy atom. The van der Waals surface area contributed by atoms with E-state index in [-0.39, 0.29) is 12.4 Å². The maximum Gasteiger partial charge on any atom is 0.0881 e. The summed E-state index contributed by atoms with van der Waals surface area (Å²) in [5.74, 6) is 0. The average Bonchev–Trinajstić information content (AvgIpc) is 2.38. The molecule has 0 aliphatic rings. The molecule has 0 aliphatic heterocycles. The van der Waals surface area contributed by atoms with Crippen molar-refractivity contribution in [3.05, 3.63) is 0 Å². The normalized spacial score (nSPS) is 13.0. The minimum atomic E-state index is 0. The van der Waals surface area contributed by atoms with Gasteiger partial charge in [-0.1, -0.05) is 78.1 Å². The van der Waals surface area contributed by atoms with Gasteiger partial charge >= 0.3 is 0 Å². The largest absolute Gasteiger partial charge is 1.00 e. The van der Waals surface area contributed by atoms with Crippen molar-refractivity contribution in [3.63, 3.8) is 0 Å². The fourth-order valence-corrected chi connectivity index (χ4v) is 3.18. The van der Waals surface area contributed by atoms with Crippen molar-refractivity contribution in [2.75, 3.05) is 21.1 Å². The van der Waals surface area contributed by atoms with Crippen LogP contribution in [-0.2, 0) is 0 Å². The highest BCUT2D eigenvalue weighted by Gasteiger charge is 2.20. The summed E-state index contributed by atoms with van der Waals surface area (Å²) in [4.78, 5) is 0. The molecule has 0 aromatic rings. The lowest BCUT2D eigenvalue weighted by Gasteiger charge is -2.33. The molecule has 0 N–H and O–H groups in total. The molecule has 0 saturated carbocycles. The fraction of sp³-hybridized carbons (Fsp3) is 1.00. The van der Waals surface area contributed by atoms with Crippen LogP contribution >= 0.6 is 0 Å². The van der Waals surface area contributed by atoms with Crippen LogP contribution in [0.2, 0.25) is 0 Å². The quantitative estimate of drug-likeness (QED) is 0.341. The lowest BCUT2D eigenvalue weighted by atomic mass is 10.0. The van der Waals surface area contributed by atoms with Gasteiger partial charge in [-0.05, 0) is 19.3 Å². The Hall–Kier alpha value is 0.250. The SMILES string of the molecule is CCCCCCCCCCCCCC(CC)[N+](C)(C)C.[Cl-]. The van der Waals surface area contributed by atoms with Gasteiger partial charge in [-0.2, -0.15) is 0 Å². The Morgan fingerprint density at radius 1 is 0.619 bits per heavy atom. The number of unbranched alkanes of at least 4 members (excludes halogenated alkanes) is 10. The van der Waals surface area contributed by atoms with Gasteiger partial charge in [-0.25, -0.2) is 0 Å². The van der Waals surface area contributed by atoms with Crippen LogP contribution in [0.15, 0.2) is 0 Å². The van der Waals surface area contributed by atoms with E-state index in [2.05, 4.69) is 35.0 Å². The van der Waals surface area contributed by atoms with Crippen LogP contribution in [0.5, 0.6) is 0 Å². The summed E-state index contributed by atoms with van der Waals surface area (Å²) in [6.07, 6.45) is 18.7. The first-order chi connectivity index (χ1) is 9.52. The zero-order valence-electron chi connectivity index (χ0n) is 15.6. The monoisotopic (exact) mass is 319 g/mol. The second-order valence-corrected chi connectivity index (χ2v) is 7.50. The molecule has 0 heterocycles. The Labute approximate surface area is 141 Å². The van der Waals surface area contributed by atoms with E-state index >= 15 is 0 Å². The van der Waals surface area contributed by atoms with Gasteiger partial charge < -0.3 is 16.9 Å². The van der Waals surface area contributed by atoms with Gasteiger partial charge in [0.2, 0.25) is 0 Å². The number of rotatable bonds is 14. The van der Waals surface area contributed by atoms with Crippen molar-refractivity contribution in [1.82, 2.24) is 0 Å². The summed E-state index contributed by atoms with van der Waals surface area (Å²) in [5, 5.41) is 0. The molecule has 1 nitrogen and oxygen atoms in total. The highest BCUT2D eigenvalue weighted by atomic mass is 35.5. The molecule has 0 aliphatic carbocycles. The summed E-state index contributed by atoms with van der Waals surface area (Å²) >= 11 is 0. The molecule has 0 aromatic carbocycles. The van der Waals surface area contributed by atoms with Gasteiger partial charge in [0.1, 0.15) is 0 Å². The number of hydrogen-bond donors (Lipinski definition) is 0. The van der Waals surface area contributed by atoms with E-state index in [1.54, 1.807) is 0 Å². The third-order valence-electron chi connectivity index (χ3n) is 4.71. The minimum Gasteiger partial charge on any atom is -1.00 e. The predicted octanol–water partition coefficient (Wildman–Crippen LogP) is 3.18. The van der Waals surface area contributed by atoms with Crippen LogP contribution in [0.4, 0.5) is 0 Å². The molecule has 130 valence electrons. The zero-order chi connectivity index (χ0) is 15.3. The Morgan fingerprint density at radius 3 is 1.33 bits per heavy atom. The molecule has 0 aromatic heterocycles. The molecule has 0 fully saturated rings. The molecule has 2 heteroatoms. The van der Waals surface area contributed by atoms with Crippen molar-refractivity contribution in [2.45, 2.75) is 103 Å². The Balaban J connectivity index is 0. The van der Waals surface area contributed by atoms with Gasteiger partial charge in [-0.3, -0.25) is 0 Å². The first-order valence-corrected chi connectivity index (χ1v) is 9.33. The summed E-state index contributed by atoms with van der Waals surface area (Å²) in [6, 6.07) is 0.855. The Kier molecular flexibility index (Phi) is 17.0. The highest BCUT2D eigenvalue weighted by molar-refractivity contribution is 4.56. The number of halogens is 1. The number of hydrogen-bond acceptors (Lipinski definition) is 0. The summed E-state index contributed by atoms with van der Waals surface area (Å²) in [5.41, 5.74) is 0. The van der Waals surface area contributed by atoms with E-state index in [0.29, 0.717) is 0 Å². The smallest absolute Gasteiger partial charge is 0.0881 e. The van der Waals surface area contributed by atoms with Crippen molar-refractivity contribution in [2.24, 2.45) is 0 Å². The first-order valence-electron chi connectivity index (χ1n) is 9.33. The van der Waals surface area contributed by atoms with Gasteiger partial charge in [-0.15, -0.1) is 0 Å². The molecule has 0 bridgehead atoms. The van der Waals surface area contributed by atoms with Crippen molar-refractivity contribution in [1.29, 1.82) is 0 Å². The van der Waals surface area contributed by atoms with Crippen LogP contribution in [0.3, 0.4) is 0 Å². The third kappa shape index (κ3) is 14.9. The van der Waals surface area contributed by atoms with E-state index in [4.69, 9.17) is 0 Å². The molecule has 1 atom stereocenters. The standard InChI is InChI=1S/C19H42N.ClH/c1-6-8-9-10-11-12-13-14-15-16-17-18-19(7-2)20(3,4)5;/h19H,6-18H2,1-5H3;1H/q+1;/p-1. The number of quaternary nitrogens is 1. The van der Waals surface area contributed by atoms with Gasteiger partial charge in [0.05, 0.1) is 27.2 Å². The minimum absolute atomic E-state index is 0. The molecule has 0 spiro atoms. The predicted molar refractivity (Wildman–Crippen MR) is 93.2 cm³/mol. The topological polar surface area (TPSA) is 0 Å². The van der Waals surface area contributed by atoms with E-state index in [1.807, 2.05) is 0 Å². The maximum atomic E-state index is 2.34. The second-order valence-electron chi connectivity index (χ2n) is 7.50. The van der Waals surface area contributed by atoms with Gasteiger partial charge in [0.25, 0.3) is 0 Å². The molecule has 0 rings (SSSR count). The molecular formula is C19H42ClN. The van der Waals surface area contributed by atoms with Crippen LogP contribution in [0.25, 0.3) is 0 Å². The van der Waals surface area contributed by atoms with Crippen LogP contribution in [0, 0.1) is 0 Å². The summed E-state index contributed by atoms with van der Waals surface area (Å²) < 4.78 is 1.13. The fourth-order valence-electron chi connectivity index (χ4n) is 3.18. The van der Waals surface area contributed by atoms with Crippen molar-refractivity contribution >= 4 is 0 Å². The van der Waals surface area contributed by atoms with E-state index in [9.17, 15) is 0 Å². The van der Waals surface area contributed by atoms with Crippen molar-refractivity contribution < 1.29 is 16.9 Å². The lowest BCUT2D eigenvalue weighted by molar-refractivity contribution is -0.896. The van der Waals surface area contributed by atoms with E-state index in [0.717, 1.165) is 10.5 Å². The molecular weight excluding hydrogens is 278 g/mol. The average molecular weight is 320 g/mol. The van der Waals surface area contributed by atoms with E-state index in [1.165, 1.54) is 83.5 Å². The summed E-state index contributed by atoms with van der Waals surface area (Å²) in [6.45, 7) is 4.63. The molecule has 0 amide bonds. The molecule has 0 radical (unpaired) electrons. The number of nitrogens with zero attached hydrogens (tertiary/aromatic N) is 1. The zero-order valence-corrected chi connectivity index (χ0v) is 16.4. The first kappa shape index (κ1) is 23.5. The highest BCUT2D eigenvalue weighted by Crippen LogP contribution is 2.17. The second kappa shape index (κ2) is 15.2. The van der Waals surface area contributed by atoms with Crippen LogP contribution in [0.1, 0.15) is 97.3 Å². The van der Waals surface area contributed by atoms with Gasteiger partial charge in [0, 0.05) is 0 Å². The molecule has 0 saturated heterocycles. The molecule has 1 unspecified atom stereocenters. The van der Waals surface area contributed by atoms with Crippen LogP contribution in [-0.4, -0.2) is 31.7 Å². The third-order valence-corrected chi connectivity index (χ3v) is 4.71. The lowest BCUT2D eigenvalue weighted by Crippen LogP contribution is -3.00. The maximum absolute atomic E-state index is 2.34. The Bertz CT molecular complexity index is 198. The van der Waals surface area contributed by atoms with Crippen LogP contribution < -0.4 is 12.4 Å². The van der Waals surface area contributed by atoms with Gasteiger partial charge in [0.15, 0.2) is 0 Å². The molecule has 21 heavy (non-hydrogen) atoms. The van der Waals surface area contributed by atoms with E-state index < -0.39 is 0 Å².